The maximum absolute atomic E-state index is 12.9. The van der Waals surface area contributed by atoms with Gasteiger partial charge in [-0.2, -0.15) is 0 Å². The third-order valence-electron chi connectivity index (χ3n) is 5.30. The van der Waals surface area contributed by atoms with Crippen LogP contribution in [0.4, 0.5) is 5.82 Å². The van der Waals surface area contributed by atoms with Crippen LogP contribution in [0.5, 0.6) is 0 Å². The molecule has 1 aromatic carbocycles. The largest absolute Gasteiger partial charge is 0.462 e. The number of oxazole rings is 1. The van der Waals surface area contributed by atoms with Crippen LogP contribution in [-0.4, -0.2) is 59.1 Å². The van der Waals surface area contributed by atoms with Crippen molar-refractivity contribution in [3.63, 3.8) is 0 Å². The second kappa shape index (κ2) is 9.03. The van der Waals surface area contributed by atoms with E-state index < -0.39 is 11.7 Å². The number of pyridine rings is 1. The standard InChI is InChI=1S/C22H24N4O5/c1-2-30-21(28)16-8-9-19(23-14-16)24-10-5-11-25(13-12-24)20(27)15-26-17-6-3-4-7-18(17)31-22(26)29/h3-4,6-9,14H,2,5,10-13,15H2,1H3. The van der Waals surface area contributed by atoms with Gasteiger partial charge in [0.2, 0.25) is 5.91 Å². The molecule has 9 heteroatoms. The van der Waals surface area contributed by atoms with E-state index in [0.717, 1.165) is 18.8 Å². The molecular formula is C22H24N4O5. The Balaban J connectivity index is 1.40. The van der Waals surface area contributed by atoms with E-state index in [1.54, 1.807) is 42.2 Å². The number of anilines is 1. The molecule has 3 aromatic rings. The third-order valence-corrected chi connectivity index (χ3v) is 5.30. The molecule has 31 heavy (non-hydrogen) atoms. The first-order chi connectivity index (χ1) is 15.1. The van der Waals surface area contributed by atoms with Gasteiger partial charge in [0.1, 0.15) is 12.4 Å². The maximum atomic E-state index is 12.9. The number of para-hydroxylation sites is 2. The minimum absolute atomic E-state index is 0.0532. The summed E-state index contributed by atoms with van der Waals surface area (Å²) in [4.78, 5) is 45.1. The first-order valence-electron chi connectivity index (χ1n) is 10.3. The van der Waals surface area contributed by atoms with Crippen molar-refractivity contribution in [3.8, 4) is 0 Å². The molecule has 9 nitrogen and oxygen atoms in total. The number of rotatable bonds is 5. The van der Waals surface area contributed by atoms with Crippen molar-refractivity contribution in [2.24, 2.45) is 0 Å². The van der Waals surface area contributed by atoms with Crippen molar-refractivity contribution in [1.29, 1.82) is 0 Å². The summed E-state index contributed by atoms with van der Waals surface area (Å²) in [5.41, 5.74) is 1.50. The Morgan fingerprint density at radius 2 is 1.94 bits per heavy atom. The molecule has 0 radical (unpaired) electrons. The number of aromatic nitrogens is 2. The normalized spacial score (nSPS) is 14.5. The predicted octanol–water partition coefficient (Wildman–Crippen LogP) is 1.91. The Morgan fingerprint density at radius 3 is 2.71 bits per heavy atom. The lowest BCUT2D eigenvalue weighted by molar-refractivity contribution is -0.131. The highest BCUT2D eigenvalue weighted by Crippen LogP contribution is 2.16. The number of esters is 1. The van der Waals surface area contributed by atoms with Gasteiger partial charge in [0.25, 0.3) is 0 Å². The van der Waals surface area contributed by atoms with E-state index in [-0.39, 0.29) is 12.5 Å². The first-order valence-corrected chi connectivity index (χ1v) is 10.3. The van der Waals surface area contributed by atoms with E-state index in [1.807, 2.05) is 6.07 Å². The Hall–Kier alpha value is -3.62. The highest BCUT2D eigenvalue weighted by Gasteiger charge is 2.22. The number of hydrogen-bond acceptors (Lipinski definition) is 7. The zero-order valence-electron chi connectivity index (χ0n) is 17.3. The van der Waals surface area contributed by atoms with E-state index in [9.17, 15) is 14.4 Å². The Kier molecular flexibility index (Phi) is 6.01. The summed E-state index contributed by atoms with van der Waals surface area (Å²) in [6.07, 6.45) is 2.28. The minimum atomic E-state index is -0.531. The fourth-order valence-corrected chi connectivity index (χ4v) is 3.70. The molecule has 1 aliphatic rings. The van der Waals surface area contributed by atoms with Gasteiger partial charge >= 0.3 is 11.7 Å². The zero-order valence-corrected chi connectivity index (χ0v) is 17.3. The number of fused-ring (bicyclic) bond motifs is 1. The van der Waals surface area contributed by atoms with Crippen LogP contribution >= 0.6 is 0 Å². The molecule has 1 saturated heterocycles. The van der Waals surface area contributed by atoms with Crippen LogP contribution in [0.1, 0.15) is 23.7 Å². The molecule has 0 spiro atoms. The number of carbonyl (C=O) groups is 2. The molecular weight excluding hydrogens is 400 g/mol. The van der Waals surface area contributed by atoms with Crippen LogP contribution in [0, 0.1) is 0 Å². The number of ether oxygens (including phenoxy) is 1. The molecule has 2 aromatic heterocycles. The summed E-state index contributed by atoms with van der Waals surface area (Å²) < 4.78 is 11.6. The van der Waals surface area contributed by atoms with Crippen LogP contribution < -0.4 is 10.7 Å². The molecule has 0 atom stereocenters. The van der Waals surface area contributed by atoms with Gasteiger partial charge in [0.15, 0.2) is 5.58 Å². The molecule has 0 unspecified atom stereocenters. The molecule has 0 saturated carbocycles. The summed E-state index contributed by atoms with van der Waals surface area (Å²) in [6.45, 7) is 4.49. The molecule has 0 bridgehead atoms. The van der Waals surface area contributed by atoms with Crippen LogP contribution in [0.25, 0.3) is 11.1 Å². The summed E-state index contributed by atoms with van der Waals surface area (Å²) in [6, 6.07) is 10.6. The summed E-state index contributed by atoms with van der Waals surface area (Å²) in [5, 5.41) is 0. The highest BCUT2D eigenvalue weighted by atomic mass is 16.5. The fraction of sp³-hybridized carbons (Fsp3) is 0.364. The number of amides is 1. The molecule has 3 heterocycles. The summed E-state index contributed by atoms with van der Waals surface area (Å²) in [7, 11) is 0. The van der Waals surface area contributed by atoms with E-state index >= 15 is 0 Å². The Labute approximate surface area is 178 Å². The Bertz CT molecular complexity index is 1130. The van der Waals surface area contributed by atoms with Crippen LogP contribution in [-0.2, 0) is 16.1 Å². The van der Waals surface area contributed by atoms with E-state index in [1.165, 1.54) is 10.8 Å². The van der Waals surface area contributed by atoms with Crippen molar-refractivity contribution in [3.05, 3.63) is 58.7 Å². The topological polar surface area (TPSA) is 97.9 Å². The van der Waals surface area contributed by atoms with Crippen molar-refractivity contribution in [2.75, 3.05) is 37.7 Å². The van der Waals surface area contributed by atoms with Crippen LogP contribution in [0.15, 0.2) is 51.8 Å². The molecule has 162 valence electrons. The molecule has 1 fully saturated rings. The fourth-order valence-electron chi connectivity index (χ4n) is 3.70. The van der Waals surface area contributed by atoms with Gasteiger partial charge in [0, 0.05) is 32.4 Å². The van der Waals surface area contributed by atoms with Crippen molar-refractivity contribution >= 4 is 28.8 Å². The predicted molar refractivity (Wildman–Crippen MR) is 114 cm³/mol. The smallest absolute Gasteiger partial charge is 0.420 e. The van der Waals surface area contributed by atoms with Gasteiger partial charge in [-0.25, -0.2) is 14.6 Å². The number of hydrogen-bond donors (Lipinski definition) is 0. The van der Waals surface area contributed by atoms with Crippen molar-refractivity contribution in [1.82, 2.24) is 14.5 Å². The maximum Gasteiger partial charge on any atom is 0.420 e. The number of nitrogens with zero attached hydrogens (tertiary/aromatic N) is 4. The zero-order chi connectivity index (χ0) is 21.8. The number of benzene rings is 1. The van der Waals surface area contributed by atoms with Gasteiger partial charge in [-0.3, -0.25) is 9.36 Å². The number of carbonyl (C=O) groups excluding carboxylic acids is 2. The second-order valence-electron chi connectivity index (χ2n) is 7.27. The molecule has 0 aliphatic carbocycles. The monoisotopic (exact) mass is 424 g/mol. The van der Waals surface area contributed by atoms with Crippen LogP contribution in [0.2, 0.25) is 0 Å². The average Bonchev–Trinajstić information content (AvgIpc) is 2.94. The van der Waals surface area contributed by atoms with E-state index in [4.69, 9.17) is 9.15 Å². The van der Waals surface area contributed by atoms with E-state index in [0.29, 0.717) is 42.9 Å². The second-order valence-corrected chi connectivity index (χ2v) is 7.27. The first kappa shape index (κ1) is 20.6. The van der Waals surface area contributed by atoms with Crippen molar-refractivity contribution < 1.29 is 18.7 Å². The van der Waals surface area contributed by atoms with Gasteiger partial charge in [-0.15, -0.1) is 0 Å². The lowest BCUT2D eigenvalue weighted by Crippen LogP contribution is -2.38. The van der Waals surface area contributed by atoms with E-state index in [2.05, 4.69) is 9.88 Å². The summed E-state index contributed by atoms with van der Waals surface area (Å²) in [5.74, 6) is -0.298. The lowest BCUT2D eigenvalue weighted by Gasteiger charge is -2.23. The third kappa shape index (κ3) is 4.45. The molecule has 0 N–H and O–H groups in total. The van der Waals surface area contributed by atoms with Gasteiger partial charge in [-0.05, 0) is 37.6 Å². The molecule has 1 amide bonds. The van der Waals surface area contributed by atoms with Gasteiger partial charge in [0.05, 0.1) is 17.7 Å². The minimum Gasteiger partial charge on any atom is -0.462 e. The molecule has 1 aliphatic heterocycles. The van der Waals surface area contributed by atoms with Crippen LogP contribution in [0.3, 0.4) is 0 Å². The lowest BCUT2D eigenvalue weighted by atomic mass is 10.2. The highest BCUT2D eigenvalue weighted by molar-refractivity contribution is 5.89. The average molecular weight is 424 g/mol. The Morgan fingerprint density at radius 1 is 1.10 bits per heavy atom. The van der Waals surface area contributed by atoms with Gasteiger partial charge < -0.3 is 19.0 Å². The molecule has 4 rings (SSSR count). The van der Waals surface area contributed by atoms with Gasteiger partial charge in [-0.1, -0.05) is 12.1 Å². The SMILES string of the molecule is CCOC(=O)c1ccc(N2CCCN(C(=O)Cn3c(=O)oc4ccccc43)CC2)nc1. The quantitative estimate of drug-likeness (QED) is 0.577. The van der Waals surface area contributed by atoms with Crippen molar-refractivity contribution in [2.45, 2.75) is 19.9 Å². The summed E-state index contributed by atoms with van der Waals surface area (Å²) >= 11 is 0.